The zero-order valence-corrected chi connectivity index (χ0v) is 16.0. The maximum atomic E-state index is 6.77. The number of allylic oxidation sites excluding steroid dienone is 1. The Balaban J connectivity index is 5.26. The molecule has 0 fully saturated rings. The lowest BCUT2D eigenvalue weighted by molar-refractivity contribution is 0.139. The lowest BCUT2D eigenvalue weighted by Gasteiger charge is -2.51. The molecule has 0 aromatic carbocycles. The van der Waals surface area contributed by atoms with E-state index in [0.717, 1.165) is 44.9 Å². The molecule has 1 unspecified atom stereocenters. The normalized spacial score (nSPS) is 15.5. The monoisotopic (exact) mass is 300 g/mol. The third-order valence-corrected chi connectivity index (χ3v) is 6.00. The molecule has 0 aromatic rings. The van der Waals surface area contributed by atoms with Gasteiger partial charge in [0.1, 0.15) is 0 Å². The van der Waals surface area contributed by atoms with Crippen molar-refractivity contribution in [2.75, 3.05) is 0 Å². The van der Waals surface area contributed by atoms with Crippen LogP contribution in [-0.2, 0) is 0 Å². The third-order valence-electron chi connectivity index (χ3n) is 6.00. The third kappa shape index (κ3) is 5.82. The van der Waals surface area contributed by atoms with Crippen LogP contribution in [0.5, 0.6) is 0 Å². The van der Waals surface area contributed by atoms with Gasteiger partial charge in [-0.15, -0.1) is 6.58 Å². The first-order chi connectivity index (χ1) is 10.3. The van der Waals surface area contributed by atoms with Crippen molar-refractivity contribution >= 4 is 15.7 Å². The SMILES string of the molecule is [B]C([B])(CC(CC)(CC)CC=C)C(C)(CCC)CCCCC. The molecule has 0 bridgehead atoms. The van der Waals surface area contributed by atoms with Gasteiger partial charge in [-0.05, 0) is 30.1 Å². The van der Waals surface area contributed by atoms with Crippen LogP contribution in [0.15, 0.2) is 12.7 Å². The molecule has 0 heterocycles. The van der Waals surface area contributed by atoms with E-state index in [9.17, 15) is 0 Å². The smallest absolute Gasteiger partial charge is 0.0628 e. The van der Waals surface area contributed by atoms with Crippen molar-refractivity contribution in [1.82, 2.24) is 0 Å². The second-order valence-corrected chi connectivity index (χ2v) is 7.68. The Bertz CT molecular complexity index is 305. The summed E-state index contributed by atoms with van der Waals surface area (Å²) in [6, 6.07) is 0. The molecule has 0 rings (SSSR count). The quantitative estimate of drug-likeness (QED) is 0.204. The molecule has 0 saturated carbocycles. The van der Waals surface area contributed by atoms with E-state index in [-0.39, 0.29) is 10.8 Å². The highest BCUT2D eigenvalue weighted by Gasteiger charge is 2.43. The summed E-state index contributed by atoms with van der Waals surface area (Å²) in [7, 11) is 13.5. The number of hydrogen-bond donors (Lipinski definition) is 0. The van der Waals surface area contributed by atoms with Gasteiger partial charge in [0.05, 0.1) is 15.7 Å². The summed E-state index contributed by atoms with van der Waals surface area (Å²) in [5.41, 5.74) is 0.221. The number of rotatable bonds is 13. The van der Waals surface area contributed by atoms with Crippen LogP contribution >= 0.6 is 0 Å². The topological polar surface area (TPSA) is 0 Å². The van der Waals surface area contributed by atoms with Gasteiger partial charge in [-0.1, -0.05) is 90.9 Å². The number of unbranched alkanes of at least 4 members (excludes halogenated alkanes) is 2. The Labute approximate surface area is 143 Å². The van der Waals surface area contributed by atoms with Crippen LogP contribution in [-0.4, -0.2) is 15.7 Å². The highest BCUT2D eigenvalue weighted by molar-refractivity contribution is 6.40. The van der Waals surface area contributed by atoms with Gasteiger partial charge in [0.2, 0.25) is 0 Å². The summed E-state index contributed by atoms with van der Waals surface area (Å²) in [5.74, 6) is 0. The minimum absolute atomic E-state index is 0.0215. The van der Waals surface area contributed by atoms with E-state index in [2.05, 4.69) is 41.2 Å². The van der Waals surface area contributed by atoms with E-state index in [0.29, 0.717) is 0 Å². The van der Waals surface area contributed by atoms with Crippen LogP contribution in [0, 0.1) is 10.8 Å². The van der Waals surface area contributed by atoms with Gasteiger partial charge in [0, 0.05) is 0 Å². The van der Waals surface area contributed by atoms with Gasteiger partial charge in [0.15, 0.2) is 0 Å². The van der Waals surface area contributed by atoms with Crippen molar-refractivity contribution in [3.8, 4) is 0 Å². The largest absolute Gasteiger partial charge is 0.103 e. The molecule has 1 atom stereocenters. The standard InChI is InChI=1S/C20H38B2/c1-7-12-13-16-18(6,14-8-2)20(21,22)17-19(10-4,11-5)15-9-3/h9H,3,7-8,10-17H2,1-2,4-6H3. The predicted octanol–water partition coefficient (Wildman–Crippen LogP) is 6.60. The molecule has 0 aliphatic rings. The fourth-order valence-corrected chi connectivity index (χ4v) is 3.91. The first-order valence-electron chi connectivity index (χ1n) is 9.45. The molecule has 0 nitrogen and oxygen atoms in total. The molecule has 0 aromatic heterocycles. The maximum absolute atomic E-state index is 6.77. The molecule has 2 heteroatoms. The lowest BCUT2D eigenvalue weighted by atomic mass is 9.37. The second kappa shape index (κ2) is 9.89. The van der Waals surface area contributed by atoms with Crippen LogP contribution in [0.25, 0.3) is 0 Å². The van der Waals surface area contributed by atoms with Crippen molar-refractivity contribution < 1.29 is 0 Å². The van der Waals surface area contributed by atoms with E-state index in [1.54, 1.807) is 0 Å². The Morgan fingerprint density at radius 1 is 0.909 bits per heavy atom. The van der Waals surface area contributed by atoms with Gasteiger partial charge < -0.3 is 0 Å². The lowest BCUT2D eigenvalue weighted by Crippen LogP contribution is -2.40. The van der Waals surface area contributed by atoms with Crippen LogP contribution in [0.2, 0.25) is 5.21 Å². The van der Waals surface area contributed by atoms with Crippen LogP contribution in [0.1, 0.15) is 98.8 Å². The Kier molecular flexibility index (Phi) is 9.83. The minimum atomic E-state index is -0.605. The van der Waals surface area contributed by atoms with Gasteiger partial charge in [-0.25, -0.2) is 0 Å². The first kappa shape index (κ1) is 21.9. The van der Waals surface area contributed by atoms with Crippen molar-refractivity contribution in [2.24, 2.45) is 10.8 Å². The summed E-state index contributed by atoms with van der Waals surface area (Å²) in [6.45, 7) is 15.3. The minimum Gasteiger partial charge on any atom is -0.103 e. The summed E-state index contributed by atoms with van der Waals surface area (Å²) in [5, 5.41) is -0.605. The van der Waals surface area contributed by atoms with E-state index in [1.807, 2.05) is 6.08 Å². The Morgan fingerprint density at radius 2 is 1.50 bits per heavy atom. The molecule has 0 saturated heterocycles. The average molecular weight is 300 g/mol. The highest BCUT2D eigenvalue weighted by Crippen LogP contribution is 2.55. The van der Waals surface area contributed by atoms with E-state index >= 15 is 0 Å². The van der Waals surface area contributed by atoms with Gasteiger partial charge in [-0.2, -0.15) is 0 Å². The molecular formula is C20H38B2. The summed E-state index contributed by atoms with van der Waals surface area (Å²) >= 11 is 0. The summed E-state index contributed by atoms with van der Waals surface area (Å²) in [6.07, 6.45) is 13.3. The molecule has 0 aliphatic heterocycles. The Hall–Kier alpha value is -0.130. The maximum Gasteiger partial charge on any atom is 0.0628 e. The van der Waals surface area contributed by atoms with Crippen LogP contribution in [0.4, 0.5) is 0 Å². The Morgan fingerprint density at radius 3 is 1.91 bits per heavy atom. The molecule has 0 N–H and O–H groups in total. The zero-order valence-electron chi connectivity index (χ0n) is 16.0. The van der Waals surface area contributed by atoms with Crippen LogP contribution < -0.4 is 0 Å². The van der Waals surface area contributed by atoms with Gasteiger partial charge >= 0.3 is 0 Å². The predicted molar refractivity (Wildman–Crippen MR) is 104 cm³/mol. The van der Waals surface area contributed by atoms with Gasteiger partial charge in [0.25, 0.3) is 0 Å². The second-order valence-electron chi connectivity index (χ2n) is 7.68. The number of hydrogen-bond acceptors (Lipinski definition) is 0. The van der Waals surface area contributed by atoms with E-state index in [4.69, 9.17) is 15.7 Å². The van der Waals surface area contributed by atoms with Crippen molar-refractivity contribution in [3.05, 3.63) is 12.7 Å². The molecule has 124 valence electrons. The van der Waals surface area contributed by atoms with Crippen LogP contribution in [0.3, 0.4) is 0 Å². The van der Waals surface area contributed by atoms with E-state index in [1.165, 1.54) is 19.3 Å². The highest BCUT2D eigenvalue weighted by atomic mass is 14.4. The van der Waals surface area contributed by atoms with Crippen molar-refractivity contribution in [2.45, 2.75) is 104 Å². The average Bonchev–Trinajstić information content (AvgIpc) is 2.47. The zero-order chi connectivity index (χ0) is 17.3. The first-order valence-corrected chi connectivity index (χ1v) is 9.45. The summed E-state index contributed by atoms with van der Waals surface area (Å²) < 4.78 is 0. The fourth-order valence-electron chi connectivity index (χ4n) is 3.91. The molecule has 22 heavy (non-hydrogen) atoms. The summed E-state index contributed by atoms with van der Waals surface area (Å²) in [4.78, 5) is 0. The van der Waals surface area contributed by atoms with Crippen molar-refractivity contribution in [1.29, 1.82) is 0 Å². The molecule has 4 radical (unpaired) electrons. The van der Waals surface area contributed by atoms with Crippen molar-refractivity contribution in [3.63, 3.8) is 0 Å². The molecule has 0 amide bonds. The van der Waals surface area contributed by atoms with Gasteiger partial charge in [-0.3, -0.25) is 0 Å². The molecular weight excluding hydrogens is 262 g/mol. The van der Waals surface area contributed by atoms with E-state index < -0.39 is 5.21 Å². The molecule has 0 aliphatic carbocycles. The molecule has 0 spiro atoms. The fraction of sp³-hybridized carbons (Fsp3) is 0.900.